The van der Waals surface area contributed by atoms with Crippen LogP contribution in [0.5, 0.6) is 0 Å². The van der Waals surface area contributed by atoms with Gasteiger partial charge in [0.25, 0.3) is 0 Å². The smallest absolute Gasteiger partial charge is 0.0926 e. The number of piperidine rings is 1. The van der Waals surface area contributed by atoms with Gasteiger partial charge in [-0.2, -0.15) is 0 Å². The van der Waals surface area contributed by atoms with Crippen LogP contribution in [0.15, 0.2) is 0 Å². The molecule has 4 nitrogen and oxygen atoms in total. The van der Waals surface area contributed by atoms with Gasteiger partial charge in [-0.05, 0) is 18.8 Å². The van der Waals surface area contributed by atoms with E-state index in [1.807, 2.05) is 0 Å². The third-order valence-electron chi connectivity index (χ3n) is 3.11. The second-order valence-corrected chi connectivity index (χ2v) is 4.22. The van der Waals surface area contributed by atoms with E-state index in [1.54, 1.807) is 0 Å². The lowest BCUT2D eigenvalue weighted by molar-refractivity contribution is -0.0512. The summed E-state index contributed by atoms with van der Waals surface area (Å²) < 4.78 is 0. The molecule has 0 aromatic rings. The summed E-state index contributed by atoms with van der Waals surface area (Å²) in [6.07, 6.45) is 0.392. The van der Waals surface area contributed by atoms with Crippen molar-refractivity contribution in [3.05, 3.63) is 0 Å². The van der Waals surface area contributed by atoms with Crippen LogP contribution in [0.25, 0.3) is 0 Å². The minimum Gasteiger partial charge on any atom is -0.396 e. The molecule has 4 atom stereocenters. The number of hydrogen-bond acceptors (Lipinski definition) is 4. The van der Waals surface area contributed by atoms with E-state index in [9.17, 15) is 10.2 Å². The highest BCUT2D eigenvalue weighted by molar-refractivity contribution is 4.86. The molecule has 0 saturated carbocycles. The van der Waals surface area contributed by atoms with Gasteiger partial charge in [0.15, 0.2) is 0 Å². The molecule has 1 rings (SSSR count). The highest BCUT2D eigenvalue weighted by Gasteiger charge is 2.33. The lowest BCUT2D eigenvalue weighted by atomic mass is 9.81. The zero-order chi connectivity index (χ0) is 10.6. The van der Waals surface area contributed by atoms with Crippen LogP contribution in [0.1, 0.15) is 19.8 Å². The van der Waals surface area contributed by atoms with E-state index in [0.29, 0.717) is 12.5 Å². The van der Waals surface area contributed by atoms with Gasteiger partial charge < -0.3 is 20.6 Å². The Hall–Kier alpha value is -0.160. The molecule has 1 aliphatic rings. The summed E-state index contributed by atoms with van der Waals surface area (Å²) in [7, 11) is 0. The Morgan fingerprint density at radius 1 is 1.36 bits per heavy atom. The van der Waals surface area contributed by atoms with Gasteiger partial charge in [-0.25, -0.2) is 0 Å². The molecule has 4 N–H and O–H groups in total. The second-order valence-electron chi connectivity index (χ2n) is 4.22. The predicted octanol–water partition coefficient (Wildman–Crippen LogP) is -0.664. The fourth-order valence-electron chi connectivity index (χ4n) is 2.09. The molecular weight excluding hydrogens is 182 g/mol. The second kappa shape index (κ2) is 5.66. The maximum Gasteiger partial charge on any atom is 0.0926 e. The molecular formula is C10H21NO3. The number of β-amino-alcohol motifs (C(OH)–C–C–N with tert-alkyl or cyclic N) is 1. The summed E-state index contributed by atoms with van der Waals surface area (Å²) in [6.45, 7) is 3.49. The summed E-state index contributed by atoms with van der Waals surface area (Å²) in [6, 6.07) is 0. The molecule has 4 unspecified atom stereocenters. The molecule has 0 radical (unpaired) electrons. The van der Waals surface area contributed by atoms with E-state index < -0.39 is 12.2 Å². The number of nitrogens with one attached hydrogen (secondary N) is 1. The van der Waals surface area contributed by atoms with Crippen molar-refractivity contribution < 1.29 is 15.3 Å². The number of rotatable bonds is 4. The Morgan fingerprint density at radius 2 is 2.07 bits per heavy atom. The van der Waals surface area contributed by atoms with E-state index in [2.05, 4.69) is 12.2 Å². The first-order valence-electron chi connectivity index (χ1n) is 5.34. The quantitative estimate of drug-likeness (QED) is 0.489. The Kier molecular flexibility index (Phi) is 4.81. The molecule has 14 heavy (non-hydrogen) atoms. The molecule has 0 aromatic heterocycles. The van der Waals surface area contributed by atoms with Gasteiger partial charge in [-0.3, -0.25) is 0 Å². The van der Waals surface area contributed by atoms with Crippen molar-refractivity contribution >= 4 is 0 Å². The molecule has 4 heteroatoms. The van der Waals surface area contributed by atoms with Crippen LogP contribution in [-0.2, 0) is 0 Å². The molecule has 0 amide bonds. The van der Waals surface area contributed by atoms with E-state index in [-0.39, 0.29) is 12.5 Å². The zero-order valence-corrected chi connectivity index (χ0v) is 8.69. The predicted molar refractivity (Wildman–Crippen MR) is 53.9 cm³/mol. The van der Waals surface area contributed by atoms with Crippen LogP contribution in [0.3, 0.4) is 0 Å². The van der Waals surface area contributed by atoms with Crippen molar-refractivity contribution in [2.45, 2.75) is 32.0 Å². The largest absolute Gasteiger partial charge is 0.396 e. The topological polar surface area (TPSA) is 72.7 Å². The van der Waals surface area contributed by atoms with Gasteiger partial charge in [0.05, 0.1) is 12.2 Å². The van der Waals surface area contributed by atoms with Crippen LogP contribution in [-0.4, -0.2) is 47.2 Å². The summed E-state index contributed by atoms with van der Waals surface area (Å²) in [5.74, 6) is 0.435. The van der Waals surface area contributed by atoms with Crippen LogP contribution < -0.4 is 5.32 Å². The molecule has 0 aliphatic carbocycles. The van der Waals surface area contributed by atoms with Crippen LogP contribution in [0.4, 0.5) is 0 Å². The van der Waals surface area contributed by atoms with Crippen LogP contribution in [0, 0.1) is 11.8 Å². The zero-order valence-electron chi connectivity index (χ0n) is 8.69. The number of aliphatic hydroxyl groups excluding tert-OH is 3. The Morgan fingerprint density at radius 3 is 2.71 bits per heavy atom. The number of aliphatic hydroxyl groups is 3. The Bertz CT molecular complexity index is 165. The van der Waals surface area contributed by atoms with E-state index in [4.69, 9.17) is 5.11 Å². The summed E-state index contributed by atoms with van der Waals surface area (Å²) >= 11 is 0. The maximum absolute atomic E-state index is 9.75. The van der Waals surface area contributed by atoms with Crippen molar-refractivity contribution in [1.82, 2.24) is 5.32 Å². The molecule has 1 saturated heterocycles. The van der Waals surface area contributed by atoms with Gasteiger partial charge >= 0.3 is 0 Å². The monoisotopic (exact) mass is 203 g/mol. The third-order valence-corrected chi connectivity index (χ3v) is 3.11. The molecule has 0 spiro atoms. The lowest BCUT2D eigenvalue weighted by Gasteiger charge is -2.36. The third kappa shape index (κ3) is 2.92. The average Bonchev–Trinajstić information content (AvgIpc) is 2.18. The van der Waals surface area contributed by atoms with Gasteiger partial charge in [-0.15, -0.1) is 0 Å². The van der Waals surface area contributed by atoms with Gasteiger partial charge in [0.2, 0.25) is 0 Å². The Labute approximate surface area is 85.0 Å². The van der Waals surface area contributed by atoms with Gasteiger partial charge in [0, 0.05) is 25.6 Å². The van der Waals surface area contributed by atoms with E-state index in [0.717, 1.165) is 19.4 Å². The molecule has 1 heterocycles. The normalized spacial score (nSPS) is 35.6. The SMILES string of the molecule is CC(CCCO)C1CNCC(O)C1O. The van der Waals surface area contributed by atoms with Crippen molar-refractivity contribution in [2.24, 2.45) is 11.8 Å². The summed E-state index contributed by atoms with van der Waals surface area (Å²) in [5.41, 5.74) is 0. The van der Waals surface area contributed by atoms with Crippen molar-refractivity contribution in [3.8, 4) is 0 Å². The highest BCUT2D eigenvalue weighted by Crippen LogP contribution is 2.24. The van der Waals surface area contributed by atoms with Crippen LogP contribution in [0.2, 0.25) is 0 Å². The minimum absolute atomic E-state index is 0.102. The van der Waals surface area contributed by atoms with Gasteiger partial charge in [-0.1, -0.05) is 6.92 Å². The standard InChI is InChI=1S/C10H21NO3/c1-7(3-2-4-12)8-5-11-6-9(13)10(8)14/h7-14H,2-6H2,1H3. The Balaban J connectivity index is 2.40. The molecule has 0 aromatic carbocycles. The first kappa shape index (κ1) is 11.9. The minimum atomic E-state index is -0.648. The fourth-order valence-corrected chi connectivity index (χ4v) is 2.09. The van der Waals surface area contributed by atoms with E-state index >= 15 is 0 Å². The van der Waals surface area contributed by atoms with E-state index in [1.165, 1.54) is 0 Å². The van der Waals surface area contributed by atoms with Gasteiger partial charge in [0.1, 0.15) is 0 Å². The highest BCUT2D eigenvalue weighted by atomic mass is 16.3. The first-order valence-corrected chi connectivity index (χ1v) is 5.34. The molecule has 1 aliphatic heterocycles. The molecule has 84 valence electrons. The van der Waals surface area contributed by atoms with Crippen LogP contribution >= 0.6 is 0 Å². The fraction of sp³-hybridized carbons (Fsp3) is 1.00. The summed E-state index contributed by atoms with van der Waals surface area (Å²) in [4.78, 5) is 0. The van der Waals surface area contributed by atoms with Crippen molar-refractivity contribution in [2.75, 3.05) is 19.7 Å². The van der Waals surface area contributed by atoms with Crippen molar-refractivity contribution in [3.63, 3.8) is 0 Å². The molecule has 0 bridgehead atoms. The lowest BCUT2D eigenvalue weighted by Crippen LogP contribution is -2.52. The number of hydrogen-bond donors (Lipinski definition) is 4. The average molecular weight is 203 g/mol. The van der Waals surface area contributed by atoms with Crippen molar-refractivity contribution in [1.29, 1.82) is 0 Å². The molecule has 1 fully saturated rings. The first-order chi connectivity index (χ1) is 6.66. The maximum atomic E-state index is 9.75. The summed E-state index contributed by atoms with van der Waals surface area (Å²) in [5, 5.41) is 31.0.